The summed E-state index contributed by atoms with van der Waals surface area (Å²) in [7, 11) is 1.54. The molecular weight excluding hydrogens is 901 g/mol. The molecule has 14 nitrogen and oxygen atoms in total. The fraction of sp³-hybridized carbons (Fsp3) is 0.263. The van der Waals surface area contributed by atoms with Crippen LogP contribution in [0.2, 0.25) is 0 Å². The van der Waals surface area contributed by atoms with Crippen LogP contribution < -0.4 is 9.47 Å². The van der Waals surface area contributed by atoms with Gasteiger partial charge in [-0.05, 0) is 74.2 Å². The Labute approximate surface area is 413 Å². The second kappa shape index (κ2) is 22.7. The van der Waals surface area contributed by atoms with E-state index in [1.54, 1.807) is 61.4 Å². The number of esters is 1. The molecule has 14 heteroatoms. The molecule has 3 atom stereocenters. The van der Waals surface area contributed by atoms with E-state index in [4.69, 9.17) is 19.2 Å². The molecule has 1 heterocycles. The molecule has 6 aromatic rings. The summed E-state index contributed by atoms with van der Waals surface area (Å²) in [6, 6.07) is 51.2. The van der Waals surface area contributed by atoms with Crippen LogP contribution >= 0.6 is 0 Å². The minimum atomic E-state index is -1.41. The van der Waals surface area contributed by atoms with Crippen LogP contribution in [0.15, 0.2) is 186 Å². The smallest absolute Gasteiger partial charge is 0.336 e. The zero-order valence-corrected chi connectivity index (χ0v) is 40.4. The van der Waals surface area contributed by atoms with Gasteiger partial charge in [-0.15, -0.1) is 0 Å². The maximum absolute atomic E-state index is 15.3. The van der Waals surface area contributed by atoms with Crippen LogP contribution in [0.5, 0.6) is 11.5 Å². The first-order chi connectivity index (χ1) is 34.2. The van der Waals surface area contributed by atoms with Crippen molar-refractivity contribution >= 4 is 29.2 Å². The van der Waals surface area contributed by atoms with Crippen LogP contribution in [0.4, 0.5) is 5.69 Å². The Morgan fingerprint density at radius 2 is 1.31 bits per heavy atom. The number of aliphatic hydroxyl groups is 1. The summed E-state index contributed by atoms with van der Waals surface area (Å²) in [5, 5.41) is 35.2. The molecule has 0 aliphatic carbocycles. The Morgan fingerprint density at radius 1 is 0.775 bits per heavy atom. The van der Waals surface area contributed by atoms with Crippen LogP contribution in [0, 0.1) is 16.0 Å². The van der Waals surface area contributed by atoms with Crippen molar-refractivity contribution in [2.45, 2.75) is 50.8 Å². The lowest BCUT2D eigenvalue weighted by atomic mass is 9.73. The summed E-state index contributed by atoms with van der Waals surface area (Å²) < 4.78 is 17.4. The van der Waals surface area contributed by atoms with Gasteiger partial charge in [-0.25, -0.2) is 4.79 Å². The van der Waals surface area contributed by atoms with Crippen LogP contribution in [-0.2, 0) is 19.9 Å². The van der Waals surface area contributed by atoms with E-state index in [2.05, 4.69) is 4.90 Å². The number of β-amino-alcohol motifs (C(OH)–C–C–N with tert-alkyl or cyclic N) is 1. The number of hydrogen-bond donors (Lipinski definition) is 2. The normalized spacial score (nSPS) is 15.3. The number of amides is 1. The molecule has 0 radical (unpaired) electrons. The van der Waals surface area contributed by atoms with Gasteiger partial charge in [-0.3, -0.25) is 29.6 Å². The first-order valence-electron chi connectivity index (χ1n) is 23.4. The van der Waals surface area contributed by atoms with Crippen molar-refractivity contribution in [1.82, 2.24) is 9.80 Å². The molecule has 0 spiro atoms. The molecule has 0 bridgehead atoms. The Bertz CT molecular complexity index is 2780. The fourth-order valence-electron chi connectivity index (χ4n) is 9.74. The number of para-hydroxylation sites is 2. The van der Waals surface area contributed by atoms with Gasteiger partial charge < -0.3 is 29.3 Å². The lowest BCUT2D eigenvalue weighted by molar-refractivity contribution is -0.384. The summed E-state index contributed by atoms with van der Waals surface area (Å²) in [5.74, 6) is -4.35. The van der Waals surface area contributed by atoms with Crippen molar-refractivity contribution in [1.29, 1.82) is 0 Å². The lowest BCUT2D eigenvalue weighted by Crippen LogP contribution is -2.63. The van der Waals surface area contributed by atoms with Crippen molar-refractivity contribution in [3.05, 3.63) is 219 Å². The fourth-order valence-corrected chi connectivity index (χ4v) is 9.74. The third-order valence-electron chi connectivity index (χ3n) is 12.7. The van der Waals surface area contributed by atoms with Crippen molar-refractivity contribution in [3.8, 4) is 11.5 Å². The number of aliphatic imine (C=N–C) groups is 1. The SMILES string of the molecule is CCOC(=O)C1=C(CN(CC(C)(C)N(CC(O)COc2ccccc2OC)C(c2ccccc2)(c2ccccc2)c2ccccc2)C(=O)c2ccccc2)N=C(C)C(C(=O)O)C1c1cccc([N+](=O)[O-])c1. The van der Waals surface area contributed by atoms with Crippen LogP contribution in [-0.4, -0.2) is 100 Å². The number of aliphatic carboxylic acids is 1. The zero-order chi connectivity index (χ0) is 50.7. The summed E-state index contributed by atoms with van der Waals surface area (Å²) in [6.45, 7) is 6.51. The van der Waals surface area contributed by atoms with Gasteiger partial charge in [0.25, 0.3) is 11.6 Å². The second-order valence-corrected chi connectivity index (χ2v) is 17.9. The number of carbonyl (C=O) groups is 3. The van der Waals surface area contributed by atoms with E-state index in [0.29, 0.717) is 17.1 Å². The number of nitro groups is 1. The first-order valence-corrected chi connectivity index (χ1v) is 23.4. The largest absolute Gasteiger partial charge is 0.493 e. The molecule has 0 aromatic heterocycles. The Kier molecular flexibility index (Phi) is 16.2. The lowest BCUT2D eigenvalue weighted by Gasteiger charge is -2.54. The molecule has 3 unspecified atom stereocenters. The summed E-state index contributed by atoms with van der Waals surface area (Å²) in [4.78, 5) is 62.9. The monoisotopic (exact) mass is 958 g/mol. The molecule has 1 aliphatic rings. The van der Waals surface area contributed by atoms with Crippen molar-refractivity contribution in [3.63, 3.8) is 0 Å². The molecule has 1 amide bonds. The number of aliphatic hydroxyl groups excluding tert-OH is 1. The zero-order valence-electron chi connectivity index (χ0n) is 40.4. The standard InChI is InChI=1S/C57H58N4O10/c1-6-70-55(66)52-47(58-39(2)50(54(64)65)51(52)41-24-21-31-45(34-41)61(67)68)36-59(53(63)40-22-11-7-12-23-40)38-56(3,4)60(35-46(62)37-71-49-33-20-19-32-48(49)69-5)57(42-25-13-8-14-26-42,43-27-15-9-16-28-43)44-29-17-10-18-30-44/h7-34,46,50-51,62H,6,35-38H2,1-5H3,(H,64,65). The van der Waals surface area contributed by atoms with E-state index in [1.807, 2.05) is 117 Å². The number of nitro benzene ring substituents is 1. The number of carboxylic acid groups (broad SMARTS) is 1. The molecule has 0 fully saturated rings. The van der Waals surface area contributed by atoms with Gasteiger partial charge in [0.1, 0.15) is 18.6 Å². The topological polar surface area (TPSA) is 181 Å². The highest BCUT2D eigenvalue weighted by atomic mass is 16.6. The number of rotatable bonds is 21. The summed E-state index contributed by atoms with van der Waals surface area (Å²) >= 11 is 0. The summed E-state index contributed by atoms with van der Waals surface area (Å²) in [5.41, 5.74) is 0.582. The van der Waals surface area contributed by atoms with Crippen LogP contribution in [0.3, 0.4) is 0 Å². The Balaban J connectivity index is 1.45. The van der Waals surface area contributed by atoms with Gasteiger partial charge in [-0.1, -0.05) is 133 Å². The van der Waals surface area contributed by atoms with Gasteiger partial charge >= 0.3 is 11.9 Å². The third-order valence-corrected chi connectivity index (χ3v) is 12.7. The van der Waals surface area contributed by atoms with E-state index < -0.39 is 51.8 Å². The number of methoxy groups -OCH3 is 1. The van der Waals surface area contributed by atoms with Crippen LogP contribution in [0.25, 0.3) is 0 Å². The molecule has 7 rings (SSSR count). The summed E-state index contributed by atoms with van der Waals surface area (Å²) in [6.07, 6.45) is -1.14. The number of carboxylic acids is 1. The number of ether oxygens (including phenoxy) is 3. The number of non-ortho nitro benzene ring substituents is 1. The van der Waals surface area contributed by atoms with Crippen molar-refractivity contribution in [2.24, 2.45) is 10.9 Å². The van der Waals surface area contributed by atoms with Gasteiger partial charge in [0.05, 0.1) is 42.0 Å². The predicted octanol–water partition coefficient (Wildman–Crippen LogP) is 9.33. The van der Waals surface area contributed by atoms with E-state index in [-0.39, 0.29) is 61.1 Å². The van der Waals surface area contributed by atoms with Gasteiger partial charge in [0.15, 0.2) is 11.5 Å². The molecule has 1 aliphatic heterocycles. The maximum Gasteiger partial charge on any atom is 0.336 e. The number of carbonyl (C=O) groups excluding carboxylic acids is 2. The predicted molar refractivity (Wildman–Crippen MR) is 271 cm³/mol. The van der Waals surface area contributed by atoms with Gasteiger partial charge in [0.2, 0.25) is 0 Å². The first kappa shape index (κ1) is 50.9. The molecule has 6 aromatic carbocycles. The average Bonchev–Trinajstić information content (AvgIpc) is 3.38. The number of hydrogen-bond acceptors (Lipinski definition) is 11. The van der Waals surface area contributed by atoms with Crippen molar-refractivity contribution < 1.29 is 43.7 Å². The van der Waals surface area contributed by atoms with Gasteiger partial charge in [-0.2, -0.15) is 0 Å². The minimum Gasteiger partial charge on any atom is -0.493 e. The molecular formula is C57H58N4O10. The molecule has 2 N–H and O–H groups in total. The second-order valence-electron chi connectivity index (χ2n) is 17.9. The highest BCUT2D eigenvalue weighted by Gasteiger charge is 2.50. The van der Waals surface area contributed by atoms with E-state index in [9.17, 15) is 29.9 Å². The van der Waals surface area contributed by atoms with E-state index in [1.165, 1.54) is 31.2 Å². The highest BCUT2D eigenvalue weighted by molar-refractivity contribution is 6.06. The average molecular weight is 959 g/mol. The van der Waals surface area contributed by atoms with Crippen molar-refractivity contribution in [2.75, 3.05) is 40.0 Å². The van der Waals surface area contributed by atoms with Crippen LogP contribution in [0.1, 0.15) is 66.2 Å². The highest BCUT2D eigenvalue weighted by Crippen LogP contribution is 2.47. The quantitative estimate of drug-likeness (QED) is 0.0304. The maximum atomic E-state index is 15.3. The van der Waals surface area contributed by atoms with E-state index >= 15 is 4.79 Å². The minimum absolute atomic E-state index is 0.0165. The molecule has 0 saturated heterocycles. The third kappa shape index (κ3) is 11.1. The molecule has 71 heavy (non-hydrogen) atoms. The Hall–Kier alpha value is -7.94. The Morgan fingerprint density at radius 3 is 1.83 bits per heavy atom. The number of benzene rings is 6. The number of nitrogens with zero attached hydrogens (tertiary/aromatic N) is 4. The molecule has 366 valence electrons. The molecule has 0 saturated carbocycles. The van der Waals surface area contributed by atoms with E-state index in [0.717, 1.165) is 16.7 Å². The van der Waals surface area contributed by atoms with Gasteiger partial charge in [0, 0.05) is 48.0 Å².